The largest absolute Gasteiger partial charge is 0.493 e. The van der Waals surface area contributed by atoms with Crippen molar-refractivity contribution in [2.24, 2.45) is 0 Å². The van der Waals surface area contributed by atoms with Crippen LogP contribution in [0.15, 0.2) is 36.8 Å². The van der Waals surface area contributed by atoms with E-state index < -0.39 is 0 Å². The number of hydrogen-bond acceptors (Lipinski definition) is 5. The van der Waals surface area contributed by atoms with Gasteiger partial charge in [0.05, 0.1) is 18.8 Å². The van der Waals surface area contributed by atoms with Gasteiger partial charge in [0.25, 0.3) is 0 Å². The van der Waals surface area contributed by atoms with E-state index >= 15 is 0 Å². The minimum atomic E-state index is 0.127. The second-order valence-corrected chi connectivity index (χ2v) is 5.81. The number of ether oxygens (including phenoxy) is 1. The van der Waals surface area contributed by atoms with Gasteiger partial charge in [0.2, 0.25) is 0 Å². The van der Waals surface area contributed by atoms with Crippen LogP contribution in [-0.2, 0) is 0 Å². The minimum absolute atomic E-state index is 0.127. The van der Waals surface area contributed by atoms with Gasteiger partial charge in [-0.3, -0.25) is 0 Å². The van der Waals surface area contributed by atoms with E-state index in [2.05, 4.69) is 46.3 Å². The zero-order valence-corrected chi connectivity index (χ0v) is 13.1. The average molecular weight is 307 g/mol. The molecule has 116 valence electrons. The summed E-state index contributed by atoms with van der Waals surface area (Å²) < 4.78 is 7.76. The molecule has 0 unspecified atom stereocenters. The molecule has 1 aliphatic rings. The fourth-order valence-electron chi connectivity index (χ4n) is 3.10. The van der Waals surface area contributed by atoms with Crippen molar-refractivity contribution in [3.05, 3.63) is 53.5 Å². The minimum Gasteiger partial charge on any atom is -0.493 e. The van der Waals surface area contributed by atoms with Gasteiger partial charge in [0, 0.05) is 24.4 Å². The van der Waals surface area contributed by atoms with E-state index in [1.54, 1.807) is 18.5 Å². The van der Waals surface area contributed by atoms with Crippen LogP contribution in [0.2, 0.25) is 0 Å². The number of benzene rings is 1. The van der Waals surface area contributed by atoms with Crippen molar-refractivity contribution in [3.8, 4) is 17.3 Å². The summed E-state index contributed by atoms with van der Waals surface area (Å²) >= 11 is 0. The molecule has 0 aliphatic carbocycles. The third-order valence-electron chi connectivity index (χ3n) is 4.07. The number of aryl methyl sites for hydroxylation is 2. The summed E-state index contributed by atoms with van der Waals surface area (Å²) in [5, 5.41) is 8.53. The topological polar surface area (TPSA) is 65.7 Å². The lowest BCUT2D eigenvalue weighted by atomic mass is 9.96. The SMILES string of the molecule is Cc1cc(C)c2c(c1)[C@@H](n1cc(-c3ncccn3)nn1)CCO2. The maximum Gasteiger partial charge on any atom is 0.181 e. The lowest BCUT2D eigenvalue weighted by Gasteiger charge is -2.27. The maximum absolute atomic E-state index is 5.87. The van der Waals surface area contributed by atoms with Crippen molar-refractivity contribution >= 4 is 0 Å². The van der Waals surface area contributed by atoms with E-state index in [4.69, 9.17) is 4.74 Å². The highest BCUT2D eigenvalue weighted by molar-refractivity contribution is 5.48. The maximum atomic E-state index is 5.87. The molecule has 1 aromatic carbocycles. The molecular formula is C17H17N5O. The number of fused-ring (bicyclic) bond motifs is 1. The normalized spacial score (nSPS) is 16.7. The van der Waals surface area contributed by atoms with Crippen molar-refractivity contribution in [1.82, 2.24) is 25.0 Å². The van der Waals surface area contributed by atoms with Gasteiger partial charge in [-0.05, 0) is 25.5 Å². The molecule has 1 atom stereocenters. The first-order chi connectivity index (χ1) is 11.2. The van der Waals surface area contributed by atoms with E-state index in [1.165, 1.54) is 11.1 Å². The predicted molar refractivity (Wildman–Crippen MR) is 85.2 cm³/mol. The quantitative estimate of drug-likeness (QED) is 0.728. The highest BCUT2D eigenvalue weighted by Gasteiger charge is 2.26. The summed E-state index contributed by atoms with van der Waals surface area (Å²) in [5.41, 5.74) is 4.24. The Kier molecular flexibility index (Phi) is 3.29. The highest BCUT2D eigenvalue weighted by atomic mass is 16.5. The summed E-state index contributed by atoms with van der Waals surface area (Å²) in [5.74, 6) is 1.56. The van der Waals surface area contributed by atoms with Crippen molar-refractivity contribution in [2.45, 2.75) is 26.3 Å². The molecule has 0 spiro atoms. The Labute approximate surface area is 134 Å². The van der Waals surface area contributed by atoms with Gasteiger partial charge < -0.3 is 4.74 Å². The van der Waals surface area contributed by atoms with E-state index in [9.17, 15) is 0 Å². The lowest BCUT2D eigenvalue weighted by molar-refractivity contribution is 0.247. The summed E-state index contributed by atoms with van der Waals surface area (Å²) in [6.07, 6.45) is 6.19. The molecule has 2 aromatic heterocycles. The van der Waals surface area contributed by atoms with Crippen LogP contribution in [0.3, 0.4) is 0 Å². The van der Waals surface area contributed by atoms with Gasteiger partial charge in [-0.2, -0.15) is 0 Å². The van der Waals surface area contributed by atoms with Gasteiger partial charge in [-0.15, -0.1) is 5.10 Å². The van der Waals surface area contributed by atoms with Crippen LogP contribution in [0.1, 0.15) is 29.2 Å². The molecule has 6 nitrogen and oxygen atoms in total. The molecule has 0 bridgehead atoms. The first-order valence-electron chi connectivity index (χ1n) is 7.65. The number of aromatic nitrogens is 5. The molecule has 23 heavy (non-hydrogen) atoms. The van der Waals surface area contributed by atoms with Gasteiger partial charge >= 0.3 is 0 Å². The van der Waals surface area contributed by atoms with E-state index in [-0.39, 0.29) is 6.04 Å². The Morgan fingerprint density at radius 3 is 2.83 bits per heavy atom. The van der Waals surface area contributed by atoms with Gasteiger partial charge in [0.1, 0.15) is 11.4 Å². The van der Waals surface area contributed by atoms with E-state index in [0.29, 0.717) is 18.1 Å². The number of hydrogen-bond donors (Lipinski definition) is 0. The van der Waals surface area contributed by atoms with Crippen molar-refractivity contribution in [3.63, 3.8) is 0 Å². The molecule has 6 heteroatoms. The number of rotatable bonds is 2. The summed E-state index contributed by atoms with van der Waals surface area (Å²) in [6.45, 7) is 4.86. The van der Waals surface area contributed by atoms with Crippen LogP contribution in [0.25, 0.3) is 11.5 Å². The van der Waals surface area contributed by atoms with Crippen LogP contribution in [0.5, 0.6) is 5.75 Å². The molecule has 0 saturated heterocycles. The van der Waals surface area contributed by atoms with Gasteiger partial charge in [-0.25, -0.2) is 14.6 Å². The van der Waals surface area contributed by atoms with Gasteiger partial charge in [0.15, 0.2) is 5.82 Å². The third kappa shape index (κ3) is 2.46. The molecule has 0 saturated carbocycles. The second kappa shape index (κ2) is 5.46. The van der Waals surface area contributed by atoms with E-state index in [0.717, 1.165) is 17.7 Å². The Hall–Kier alpha value is -2.76. The standard InChI is InChI=1S/C17H17N5O/c1-11-8-12(2)16-13(9-11)15(4-7-23-16)22-10-14(20-21-22)17-18-5-3-6-19-17/h3,5-6,8-10,15H,4,7H2,1-2H3/t15-/m0/s1. The lowest BCUT2D eigenvalue weighted by Crippen LogP contribution is -2.21. The molecule has 0 fully saturated rings. The van der Waals surface area contributed by atoms with Crippen molar-refractivity contribution < 1.29 is 4.74 Å². The Morgan fingerprint density at radius 2 is 2.00 bits per heavy atom. The fraction of sp³-hybridized carbons (Fsp3) is 0.294. The molecule has 3 heterocycles. The first kappa shape index (κ1) is 13.9. The average Bonchev–Trinajstić information content (AvgIpc) is 3.05. The smallest absolute Gasteiger partial charge is 0.181 e. The Morgan fingerprint density at radius 1 is 1.17 bits per heavy atom. The second-order valence-electron chi connectivity index (χ2n) is 5.81. The third-order valence-corrected chi connectivity index (χ3v) is 4.07. The molecule has 4 rings (SSSR count). The first-order valence-corrected chi connectivity index (χ1v) is 7.65. The zero-order valence-electron chi connectivity index (χ0n) is 13.1. The fourth-order valence-corrected chi connectivity index (χ4v) is 3.10. The molecule has 1 aliphatic heterocycles. The molecule has 0 amide bonds. The number of nitrogens with zero attached hydrogens (tertiary/aromatic N) is 5. The van der Waals surface area contributed by atoms with E-state index in [1.807, 2.05) is 10.9 Å². The molecular weight excluding hydrogens is 290 g/mol. The Bertz CT molecular complexity index is 843. The van der Waals surface area contributed by atoms with Crippen LogP contribution in [0.4, 0.5) is 0 Å². The molecule has 0 N–H and O–H groups in total. The highest BCUT2D eigenvalue weighted by Crippen LogP contribution is 2.37. The van der Waals surface area contributed by atoms with Crippen molar-refractivity contribution in [1.29, 1.82) is 0 Å². The summed E-state index contributed by atoms with van der Waals surface area (Å²) in [7, 11) is 0. The van der Waals surface area contributed by atoms with Crippen LogP contribution in [0, 0.1) is 13.8 Å². The van der Waals surface area contributed by atoms with Crippen molar-refractivity contribution in [2.75, 3.05) is 6.61 Å². The monoisotopic (exact) mass is 307 g/mol. The van der Waals surface area contributed by atoms with Crippen LogP contribution >= 0.6 is 0 Å². The van der Waals surface area contributed by atoms with Crippen LogP contribution < -0.4 is 4.74 Å². The summed E-state index contributed by atoms with van der Waals surface area (Å²) in [6, 6.07) is 6.23. The van der Waals surface area contributed by atoms with Gasteiger partial charge in [-0.1, -0.05) is 22.9 Å². The zero-order chi connectivity index (χ0) is 15.8. The summed E-state index contributed by atoms with van der Waals surface area (Å²) in [4.78, 5) is 8.46. The van der Waals surface area contributed by atoms with Crippen LogP contribution in [-0.4, -0.2) is 31.6 Å². The predicted octanol–water partition coefficient (Wildman–Crippen LogP) is 2.72. The molecule has 3 aromatic rings. The molecule has 0 radical (unpaired) electrons. The Balaban J connectivity index is 1.75.